The average Bonchev–Trinajstić information content (AvgIpc) is 3.16. The lowest BCUT2D eigenvalue weighted by Gasteiger charge is -2.17. The van der Waals surface area contributed by atoms with Crippen LogP contribution in [0, 0.1) is 40.9 Å². The first-order valence-electron chi connectivity index (χ1n) is 25.7. The number of hydrogen-bond acceptors (Lipinski definition) is 0. The van der Waals surface area contributed by atoms with Crippen molar-refractivity contribution in [3.63, 3.8) is 0 Å². The van der Waals surface area contributed by atoms with Crippen LogP contribution in [0.2, 0.25) is 0 Å². The van der Waals surface area contributed by atoms with Gasteiger partial charge >= 0.3 is 0 Å². The lowest BCUT2D eigenvalue weighted by molar-refractivity contribution is -0.0000136. The summed E-state index contributed by atoms with van der Waals surface area (Å²) in [6.45, 7) is 37.3. The third-order valence-electron chi connectivity index (χ3n) is 12.9. The molecule has 0 rings (SSSR count). The van der Waals surface area contributed by atoms with E-state index in [0.29, 0.717) is 5.41 Å². The first-order valence-corrected chi connectivity index (χ1v) is 25.7. The molecular weight excluding hydrogens is 684 g/mol. The molecule has 0 fully saturated rings. The summed E-state index contributed by atoms with van der Waals surface area (Å²) in [6.07, 6.45) is 44.3. The van der Waals surface area contributed by atoms with Crippen LogP contribution >= 0.6 is 0 Å². The molecule has 1 heteroatoms. The molecule has 340 valence electrons. The van der Waals surface area contributed by atoms with Crippen LogP contribution in [0.25, 0.3) is 0 Å². The molecule has 0 spiro atoms. The third kappa shape index (κ3) is 63.7. The Kier molecular flexibility index (Phi) is 59.1. The van der Waals surface area contributed by atoms with Crippen molar-refractivity contribution in [1.29, 1.82) is 0 Å². The zero-order valence-electron chi connectivity index (χ0n) is 42.3. The fourth-order valence-corrected chi connectivity index (χ4v) is 6.71. The summed E-state index contributed by atoms with van der Waals surface area (Å²) in [4.78, 5) is 0. The number of hydrogen-bond donors (Lipinski definition) is 0. The summed E-state index contributed by atoms with van der Waals surface area (Å²) in [7, 11) is 0. The van der Waals surface area contributed by atoms with Crippen LogP contribution in [0.4, 0.5) is 0 Å². The number of halogens is 1. The van der Waals surface area contributed by atoms with Crippen molar-refractivity contribution in [1.82, 2.24) is 0 Å². The predicted octanol–water partition coefficient (Wildman–Crippen LogP) is 18.0. The molecule has 0 saturated carbocycles. The van der Waals surface area contributed by atoms with Crippen LogP contribution in [-0.2, 0) is 0 Å². The van der Waals surface area contributed by atoms with E-state index in [4.69, 9.17) is 0 Å². The Labute approximate surface area is 361 Å². The summed E-state index contributed by atoms with van der Waals surface area (Å²) in [6, 6.07) is 0. The zero-order chi connectivity index (χ0) is 41.9. The monoisotopic (exact) mass is 800 g/mol. The summed E-state index contributed by atoms with van der Waals surface area (Å²) in [5, 5.41) is 0. The highest BCUT2D eigenvalue weighted by Gasteiger charge is 2.09. The molecule has 0 aliphatic heterocycles. The van der Waals surface area contributed by atoms with Gasteiger partial charge in [-0.05, 0) is 47.3 Å². The van der Waals surface area contributed by atoms with Gasteiger partial charge in [0.05, 0.1) is 0 Å². The standard InChI is InChI=1S/3C16H34.C6H14.ClH/c1-6-15(2)13-11-9-7-8-10-12-14-16(3,4)5;1-6-14(3)10-8-12-16(5)13-9-11-15(4)7-2;1-4-6-7-8-9-10-11-12-13-14-15-16(3)5-2;1-4-6(3)5-2;/h15H,6-14H2,1-5H3;14-16H,6-13H2,1-5H3;16H,4-15H2,1-3H3;6H,4-5H2,1-3H3;1H/p-1. The molecule has 0 amide bonds. The van der Waals surface area contributed by atoms with E-state index in [-0.39, 0.29) is 12.4 Å². The van der Waals surface area contributed by atoms with Gasteiger partial charge in [-0.1, -0.05) is 303 Å². The van der Waals surface area contributed by atoms with Crippen molar-refractivity contribution in [2.24, 2.45) is 40.9 Å². The summed E-state index contributed by atoms with van der Waals surface area (Å²) in [5.41, 5.74) is 0.538. The lowest BCUT2D eigenvalue weighted by Crippen LogP contribution is -3.00. The fraction of sp³-hybridized carbons (Fsp3) is 1.00. The van der Waals surface area contributed by atoms with Crippen molar-refractivity contribution >= 4 is 0 Å². The Morgan fingerprint density at radius 2 is 0.509 bits per heavy atom. The highest BCUT2D eigenvalue weighted by Crippen LogP contribution is 2.23. The molecule has 0 aromatic heterocycles. The minimum absolute atomic E-state index is 0. The Morgan fingerprint density at radius 1 is 0.273 bits per heavy atom. The van der Waals surface area contributed by atoms with Crippen molar-refractivity contribution in [3.05, 3.63) is 0 Å². The molecule has 0 aliphatic rings. The molecule has 0 heterocycles. The molecule has 55 heavy (non-hydrogen) atoms. The van der Waals surface area contributed by atoms with E-state index >= 15 is 0 Å². The Bertz CT molecular complexity index is 614. The molecule has 0 nitrogen and oxygen atoms in total. The molecule has 4 unspecified atom stereocenters. The highest BCUT2D eigenvalue weighted by molar-refractivity contribution is 4.62. The van der Waals surface area contributed by atoms with Gasteiger partial charge in [-0.3, -0.25) is 0 Å². The largest absolute Gasteiger partial charge is 1.00 e. The van der Waals surface area contributed by atoms with E-state index in [9.17, 15) is 0 Å². The van der Waals surface area contributed by atoms with E-state index in [1.165, 1.54) is 199 Å². The van der Waals surface area contributed by atoms with Gasteiger partial charge in [0.1, 0.15) is 0 Å². The minimum Gasteiger partial charge on any atom is -1.00 e. The molecule has 4 atom stereocenters. The van der Waals surface area contributed by atoms with Crippen LogP contribution in [0.1, 0.15) is 310 Å². The van der Waals surface area contributed by atoms with Crippen molar-refractivity contribution in [2.75, 3.05) is 0 Å². The normalized spacial score (nSPS) is 13.9. The SMILES string of the molecule is CCC(C)CC.CCC(C)CCCC(C)CCCC(C)CC.CCC(C)CCCCCCCCC(C)(C)C.CCCCCCCCCCCCC(C)CC.[Cl-]. The number of unbranched alkanes of at least 4 members (excludes halogenated alkanes) is 14. The second-order valence-electron chi connectivity index (χ2n) is 20.1. The molecule has 0 aromatic carbocycles. The van der Waals surface area contributed by atoms with Crippen molar-refractivity contribution < 1.29 is 12.4 Å². The van der Waals surface area contributed by atoms with Crippen LogP contribution in [0.3, 0.4) is 0 Å². The van der Waals surface area contributed by atoms with Gasteiger partial charge in [-0.25, -0.2) is 0 Å². The minimum atomic E-state index is 0. The van der Waals surface area contributed by atoms with Gasteiger partial charge in [0.2, 0.25) is 0 Å². The maximum absolute atomic E-state index is 2.44. The summed E-state index contributed by atoms with van der Waals surface area (Å²) < 4.78 is 0. The van der Waals surface area contributed by atoms with Gasteiger partial charge in [0.25, 0.3) is 0 Å². The average molecular weight is 801 g/mol. The van der Waals surface area contributed by atoms with Gasteiger partial charge in [-0.2, -0.15) is 0 Å². The van der Waals surface area contributed by atoms with Gasteiger partial charge in [0.15, 0.2) is 0 Å². The molecule has 0 aliphatic carbocycles. The van der Waals surface area contributed by atoms with Crippen LogP contribution in [0.15, 0.2) is 0 Å². The molecule has 0 radical (unpaired) electrons. The highest BCUT2D eigenvalue weighted by atomic mass is 35.5. The summed E-state index contributed by atoms with van der Waals surface area (Å²) in [5.74, 6) is 5.66. The molecule has 0 bridgehead atoms. The first kappa shape index (κ1) is 64.4. The second-order valence-corrected chi connectivity index (χ2v) is 20.1. The molecule has 0 saturated heterocycles. The zero-order valence-corrected chi connectivity index (χ0v) is 43.0. The van der Waals surface area contributed by atoms with Gasteiger partial charge in [-0.15, -0.1) is 0 Å². The van der Waals surface area contributed by atoms with Gasteiger partial charge < -0.3 is 12.4 Å². The maximum Gasteiger partial charge on any atom is -0.0383 e. The Hall–Kier alpha value is 0.290. The topological polar surface area (TPSA) is 0 Å². The van der Waals surface area contributed by atoms with E-state index in [2.05, 4.69) is 111 Å². The Balaban J connectivity index is -0.000000209. The first-order chi connectivity index (χ1) is 25.7. The molecule has 0 N–H and O–H groups in total. The van der Waals surface area contributed by atoms with Crippen LogP contribution < -0.4 is 12.4 Å². The van der Waals surface area contributed by atoms with E-state index in [1.807, 2.05) is 0 Å². The van der Waals surface area contributed by atoms with Gasteiger partial charge in [0, 0.05) is 0 Å². The Morgan fingerprint density at radius 3 is 0.764 bits per heavy atom. The van der Waals surface area contributed by atoms with E-state index < -0.39 is 0 Å². The van der Waals surface area contributed by atoms with E-state index in [0.717, 1.165) is 35.5 Å². The summed E-state index contributed by atoms with van der Waals surface area (Å²) >= 11 is 0. The molecule has 0 aromatic rings. The van der Waals surface area contributed by atoms with Crippen LogP contribution in [-0.4, -0.2) is 0 Å². The maximum atomic E-state index is 2.44. The van der Waals surface area contributed by atoms with Crippen LogP contribution in [0.5, 0.6) is 0 Å². The molecular formula is C54H116Cl-. The predicted molar refractivity (Wildman–Crippen MR) is 257 cm³/mol. The van der Waals surface area contributed by atoms with Crippen molar-refractivity contribution in [3.8, 4) is 0 Å². The number of rotatable bonds is 33. The third-order valence-corrected chi connectivity index (χ3v) is 12.9. The van der Waals surface area contributed by atoms with E-state index in [1.54, 1.807) is 0 Å². The van der Waals surface area contributed by atoms with Crippen molar-refractivity contribution in [2.45, 2.75) is 310 Å². The quantitative estimate of drug-likeness (QED) is 0.0580. The fourth-order valence-electron chi connectivity index (χ4n) is 6.71. The smallest absolute Gasteiger partial charge is 0.0383 e. The lowest BCUT2D eigenvalue weighted by atomic mass is 9.89. The second kappa shape index (κ2) is 50.4.